The van der Waals surface area contributed by atoms with Gasteiger partial charge in [0.1, 0.15) is 11.4 Å². The Morgan fingerprint density at radius 3 is 2.45 bits per heavy atom. The maximum Gasteiger partial charge on any atom is 0.274 e. The minimum Gasteiger partial charge on any atom is -0.506 e. The van der Waals surface area contributed by atoms with Gasteiger partial charge >= 0.3 is 0 Å². The molecule has 1 aliphatic heterocycles. The molecule has 3 aromatic rings. The number of aryl methyl sites for hydroxylation is 2. The number of hydrogen-bond acceptors (Lipinski definition) is 5. The maximum absolute atomic E-state index is 13.1. The summed E-state index contributed by atoms with van der Waals surface area (Å²) >= 11 is 6.30. The fraction of sp³-hybridized carbons (Fsp3) is 0.286. The largest absolute Gasteiger partial charge is 0.506 e. The second kappa shape index (κ2) is 7.75. The minimum atomic E-state index is -0.199. The first-order valence-corrected chi connectivity index (χ1v) is 9.84. The molecule has 1 aliphatic rings. The lowest BCUT2D eigenvalue weighted by atomic mass is 10.2. The van der Waals surface area contributed by atoms with E-state index in [2.05, 4.69) is 15.0 Å². The van der Waals surface area contributed by atoms with Gasteiger partial charge in [-0.1, -0.05) is 23.7 Å². The van der Waals surface area contributed by atoms with Crippen LogP contribution in [0.3, 0.4) is 0 Å². The summed E-state index contributed by atoms with van der Waals surface area (Å²) in [6.07, 6.45) is 0. The first kappa shape index (κ1) is 19.3. The normalized spacial score (nSPS) is 14.3. The van der Waals surface area contributed by atoms with Gasteiger partial charge in [0.25, 0.3) is 5.91 Å². The van der Waals surface area contributed by atoms with Crippen LogP contribution >= 0.6 is 11.6 Å². The summed E-state index contributed by atoms with van der Waals surface area (Å²) in [7, 11) is 0. The third-order valence-corrected chi connectivity index (χ3v) is 5.35. The monoisotopic (exact) mass is 411 g/mol. The van der Waals surface area contributed by atoms with Gasteiger partial charge in [-0.25, -0.2) is 9.67 Å². The molecule has 0 spiro atoms. The van der Waals surface area contributed by atoms with Crippen LogP contribution in [0.2, 0.25) is 5.02 Å². The lowest BCUT2D eigenvalue weighted by Gasteiger charge is -2.36. The Morgan fingerprint density at radius 2 is 1.79 bits per heavy atom. The number of carbonyl (C=O) groups is 1. The third kappa shape index (κ3) is 3.78. The molecule has 150 valence electrons. The first-order valence-electron chi connectivity index (χ1n) is 9.46. The first-order chi connectivity index (χ1) is 13.9. The van der Waals surface area contributed by atoms with Crippen molar-refractivity contribution in [2.75, 3.05) is 31.1 Å². The van der Waals surface area contributed by atoms with Gasteiger partial charge in [0.15, 0.2) is 5.82 Å². The van der Waals surface area contributed by atoms with Gasteiger partial charge < -0.3 is 14.9 Å². The van der Waals surface area contributed by atoms with Gasteiger partial charge in [-0.2, -0.15) is 5.10 Å². The van der Waals surface area contributed by atoms with Crippen LogP contribution in [-0.2, 0) is 0 Å². The Morgan fingerprint density at radius 1 is 1.07 bits per heavy atom. The zero-order chi connectivity index (χ0) is 20.5. The molecule has 0 saturated carbocycles. The Bertz CT molecular complexity index is 1060. The van der Waals surface area contributed by atoms with Gasteiger partial charge in [-0.3, -0.25) is 4.79 Å². The molecule has 0 unspecified atom stereocenters. The Labute approximate surface area is 174 Å². The van der Waals surface area contributed by atoms with Gasteiger partial charge in [0.05, 0.1) is 16.4 Å². The molecule has 0 atom stereocenters. The van der Waals surface area contributed by atoms with E-state index in [0.29, 0.717) is 37.0 Å². The summed E-state index contributed by atoms with van der Waals surface area (Å²) in [5.74, 6) is 0.612. The summed E-state index contributed by atoms with van der Waals surface area (Å²) in [5.41, 5.74) is 2.83. The van der Waals surface area contributed by atoms with Crippen molar-refractivity contribution >= 4 is 23.2 Å². The molecule has 1 N–H and O–H groups in total. The molecular weight excluding hydrogens is 390 g/mol. The van der Waals surface area contributed by atoms with E-state index in [1.807, 2.05) is 32.0 Å². The number of nitrogens with zero attached hydrogens (tertiary/aromatic N) is 5. The van der Waals surface area contributed by atoms with E-state index in [0.717, 1.165) is 17.1 Å². The van der Waals surface area contributed by atoms with Gasteiger partial charge in [-0.15, -0.1) is 0 Å². The predicted octanol–water partition coefficient (Wildman–Crippen LogP) is 3.21. The van der Waals surface area contributed by atoms with Crippen molar-refractivity contribution in [2.24, 2.45) is 0 Å². The van der Waals surface area contributed by atoms with Crippen molar-refractivity contribution in [2.45, 2.75) is 13.8 Å². The number of aromatic nitrogens is 3. The summed E-state index contributed by atoms with van der Waals surface area (Å²) in [5, 5.41) is 14.8. The number of phenols is 1. The fourth-order valence-corrected chi connectivity index (χ4v) is 3.78. The number of amides is 1. The fourth-order valence-electron chi connectivity index (χ4n) is 3.59. The molecule has 1 amide bonds. The topological polar surface area (TPSA) is 74.5 Å². The third-order valence-electron chi connectivity index (χ3n) is 5.05. The lowest BCUT2D eigenvalue weighted by molar-refractivity contribution is 0.0741. The van der Waals surface area contributed by atoms with Crippen molar-refractivity contribution in [3.05, 3.63) is 64.6 Å². The van der Waals surface area contributed by atoms with E-state index in [1.165, 1.54) is 0 Å². The van der Waals surface area contributed by atoms with Gasteiger partial charge in [0, 0.05) is 31.9 Å². The van der Waals surface area contributed by atoms with E-state index in [-0.39, 0.29) is 17.4 Å². The summed E-state index contributed by atoms with van der Waals surface area (Å²) in [6, 6.07) is 12.6. The number of aromatic hydroxyl groups is 1. The molecule has 1 saturated heterocycles. The quantitative estimate of drug-likeness (QED) is 0.716. The van der Waals surface area contributed by atoms with Crippen LogP contribution in [0.25, 0.3) is 5.82 Å². The summed E-state index contributed by atoms with van der Waals surface area (Å²) in [4.78, 5) is 21.4. The number of phenolic OH excluding ortho intramolecular Hbond substituents is 1. The van der Waals surface area contributed by atoms with E-state index >= 15 is 0 Å². The second-order valence-electron chi connectivity index (χ2n) is 7.11. The summed E-state index contributed by atoms with van der Waals surface area (Å²) in [6.45, 7) is 6.15. The number of anilines is 1. The number of rotatable bonds is 3. The van der Waals surface area contributed by atoms with Crippen LogP contribution in [-0.4, -0.2) is 56.9 Å². The molecule has 29 heavy (non-hydrogen) atoms. The minimum absolute atomic E-state index is 0.199. The predicted molar refractivity (Wildman–Crippen MR) is 112 cm³/mol. The van der Waals surface area contributed by atoms with Crippen LogP contribution in [0.1, 0.15) is 21.9 Å². The van der Waals surface area contributed by atoms with Crippen LogP contribution < -0.4 is 4.90 Å². The van der Waals surface area contributed by atoms with E-state index in [9.17, 15) is 9.90 Å². The molecule has 0 aliphatic carbocycles. The molecule has 1 fully saturated rings. The average Bonchev–Trinajstić information content (AvgIpc) is 3.06. The zero-order valence-electron chi connectivity index (χ0n) is 16.3. The van der Waals surface area contributed by atoms with Crippen molar-refractivity contribution in [1.82, 2.24) is 19.7 Å². The van der Waals surface area contributed by atoms with E-state index < -0.39 is 0 Å². The van der Waals surface area contributed by atoms with Crippen LogP contribution in [0, 0.1) is 13.8 Å². The Balaban J connectivity index is 1.52. The Hall–Kier alpha value is -3.06. The molecule has 3 heterocycles. The van der Waals surface area contributed by atoms with Crippen molar-refractivity contribution in [3.8, 4) is 11.6 Å². The number of halogens is 1. The smallest absolute Gasteiger partial charge is 0.274 e. The van der Waals surface area contributed by atoms with Crippen molar-refractivity contribution in [3.63, 3.8) is 0 Å². The van der Waals surface area contributed by atoms with Crippen LogP contribution in [0.4, 0.5) is 5.69 Å². The van der Waals surface area contributed by atoms with Crippen LogP contribution in [0.15, 0.2) is 42.5 Å². The number of carbonyl (C=O) groups excluding carboxylic acids is 1. The SMILES string of the molecule is Cc1cc(C)n(-c2ccc(Cl)c(C(=O)N3CCN(c4ccccc4O)CC3)n2)n1. The molecular formula is C21H22ClN5O2. The zero-order valence-corrected chi connectivity index (χ0v) is 17.1. The highest BCUT2D eigenvalue weighted by Gasteiger charge is 2.26. The molecule has 1 aromatic carbocycles. The highest BCUT2D eigenvalue weighted by molar-refractivity contribution is 6.33. The standard InChI is InChI=1S/C21H22ClN5O2/c1-14-13-15(2)27(24-14)19-8-7-16(22)20(23-19)21(29)26-11-9-25(10-12-26)17-5-3-4-6-18(17)28/h3-8,13,28H,9-12H2,1-2H3. The second-order valence-corrected chi connectivity index (χ2v) is 7.51. The average molecular weight is 412 g/mol. The van der Waals surface area contributed by atoms with Gasteiger partial charge in [0.2, 0.25) is 0 Å². The van der Waals surface area contributed by atoms with Gasteiger partial charge in [-0.05, 0) is 44.2 Å². The van der Waals surface area contributed by atoms with Crippen molar-refractivity contribution < 1.29 is 9.90 Å². The highest BCUT2D eigenvalue weighted by atomic mass is 35.5. The molecule has 4 rings (SSSR count). The molecule has 7 nitrogen and oxygen atoms in total. The van der Waals surface area contributed by atoms with E-state index in [1.54, 1.807) is 33.8 Å². The number of hydrogen-bond donors (Lipinski definition) is 1. The summed E-state index contributed by atoms with van der Waals surface area (Å²) < 4.78 is 1.71. The highest BCUT2D eigenvalue weighted by Crippen LogP contribution is 2.28. The van der Waals surface area contributed by atoms with Crippen LogP contribution in [0.5, 0.6) is 5.75 Å². The Kier molecular flexibility index (Phi) is 5.15. The van der Waals surface area contributed by atoms with E-state index in [4.69, 9.17) is 11.6 Å². The van der Waals surface area contributed by atoms with Crippen molar-refractivity contribution in [1.29, 1.82) is 0 Å². The number of piperazine rings is 1. The molecule has 0 bridgehead atoms. The molecule has 0 radical (unpaired) electrons. The number of benzene rings is 1. The molecule has 8 heteroatoms. The number of pyridine rings is 1. The lowest BCUT2D eigenvalue weighted by Crippen LogP contribution is -2.49. The molecule has 2 aromatic heterocycles. The number of para-hydroxylation sites is 2. The maximum atomic E-state index is 13.1.